The van der Waals surface area contributed by atoms with Crippen molar-refractivity contribution in [2.45, 2.75) is 23.3 Å². The lowest BCUT2D eigenvalue weighted by molar-refractivity contribution is 0.425. The van der Waals surface area contributed by atoms with Crippen molar-refractivity contribution >= 4 is 31.6 Å². The number of allylic oxidation sites excluding steroid dienone is 2. The molecule has 0 radical (unpaired) electrons. The van der Waals surface area contributed by atoms with Crippen LogP contribution in [0, 0.1) is 5.92 Å². The highest BCUT2D eigenvalue weighted by Crippen LogP contribution is 2.50. The average molecular weight is 405 g/mol. The Labute approximate surface area is 149 Å². The van der Waals surface area contributed by atoms with Crippen LogP contribution >= 0.6 is 15.9 Å². The van der Waals surface area contributed by atoms with Gasteiger partial charge in [0.25, 0.3) is 0 Å². The van der Waals surface area contributed by atoms with E-state index in [4.69, 9.17) is 5.14 Å². The van der Waals surface area contributed by atoms with Crippen LogP contribution in [-0.2, 0) is 10.0 Å². The summed E-state index contributed by atoms with van der Waals surface area (Å²) in [5, 5.41) is 8.82. The highest BCUT2D eigenvalue weighted by atomic mass is 79.9. The van der Waals surface area contributed by atoms with Crippen molar-refractivity contribution in [1.82, 2.24) is 0 Å². The van der Waals surface area contributed by atoms with Gasteiger partial charge in [-0.1, -0.05) is 40.2 Å². The van der Waals surface area contributed by atoms with Gasteiger partial charge in [0.05, 0.1) is 10.9 Å². The number of hydrogen-bond acceptors (Lipinski definition) is 3. The molecule has 0 spiro atoms. The molecule has 1 aliphatic heterocycles. The molecule has 2 aliphatic rings. The van der Waals surface area contributed by atoms with Crippen LogP contribution in [0.15, 0.2) is 64.0 Å². The summed E-state index contributed by atoms with van der Waals surface area (Å²) in [4.78, 5) is 0.146. The van der Waals surface area contributed by atoms with Gasteiger partial charge in [0.2, 0.25) is 10.0 Å². The van der Waals surface area contributed by atoms with Crippen molar-refractivity contribution in [2.75, 3.05) is 5.32 Å². The molecule has 2 aromatic rings. The number of hydrogen-bond donors (Lipinski definition) is 2. The normalized spacial score (nSPS) is 25.0. The minimum absolute atomic E-state index is 0.146. The molecule has 4 nitrogen and oxygen atoms in total. The Hall–Kier alpha value is -1.63. The summed E-state index contributed by atoms with van der Waals surface area (Å²) in [7, 11) is -3.66. The van der Waals surface area contributed by atoms with E-state index in [1.165, 1.54) is 5.56 Å². The van der Waals surface area contributed by atoms with Crippen LogP contribution in [0.3, 0.4) is 0 Å². The number of nitrogens with two attached hydrogens (primary N) is 1. The van der Waals surface area contributed by atoms with Gasteiger partial charge < -0.3 is 5.32 Å². The van der Waals surface area contributed by atoms with Crippen molar-refractivity contribution in [3.63, 3.8) is 0 Å². The fourth-order valence-electron chi connectivity index (χ4n) is 3.76. The highest BCUT2D eigenvalue weighted by Gasteiger charge is 2.37. The van der Waals surface area contributed by atoms with Crippen molar-refractivity contribution in [3.8, 4) is 0 Å². The van der Waals surface area contributed by atoms with Gasteiger partial charge in [-0.2, -0.15) is 0 Å². The first-order valence-electron chi connectivity index (χ1n) is 7.79. The molecule has 0 aromatic heterocycles. The molecule has 0 unspecified atom stereocenters. The van der Waals surface area contributed by atoms with Crippen LogP contribution in [0.2, 0.25) is 0 Å². The van der Waals surface area contributed by atoms with E-state index in [1.807, 2.05) is 18.2 Å². The van der Waals surface area contributed by atoms with E-state index in [1.54, 1.807) is 12.1 Å². The number of nitrogens with one attached hydrogen (secondary N) is 1. The van der Waals surface area contributed by atoms with Crippen LogP contribution in [0.5, 0.6) is 0 Å². The molecule has 1 aliphatic carbocycles. The largest absolute Gasteiger partial charge is 0.378 e. The van der Waals surface area contributed by atoms with Crippen LogP contribution < -0.4 is 10.5 Å². The first kappa shape index (κ1) is 15.9. The van der Waals surface area contributed by atoms with Gasteiger partial charge in [-0.05, 0) is 53.8 Å². The summed E-state index contributed by atoms with van der Waals surface area (Å²) < 4.78 is 24.0. The lowest BCUT2D eigenvalue weighted by Gasteiger charge is -2.37. The molecule has 0 saturated carbocycles. The number of rotatable bonds is 2. The maximum absolute atomic E-state index is 11.4. The standard InChI is InChI=1S/C18H17BrN2O2S/c19-12-6-9-17-16(10-12)14-2-1-3-15(14)18(21-17)11-4-7-13(8-5-11)24(20,22)23/h1-2,4-10,14-15,18,21H,3H2,(H2,20,22,23)/t14-,15+,18+/m0/s1. The van der Waals surface area contributed by atoms with Gasteiger partial charge in [0.15, 0.2) is 0 Å². The molecule has 24 heavy (non-hydrogen) atoms. The van der Waals surface area contributed by atoms with Crippen LogP contribution in [0.1, 0.15) is 29.5 Å². The summed E-state index contributed by atoms with van der Waals surface area (Å²) >= 11 is 3.55. The third-order valence-electron chi connectivity index (χ3n) is 4.89. The maximum atomic E-state index is 11.4. The van der Waals surface area contributed by atoms with E-state index in [9.17, 15) is 8.42 Å². The molecule has 0 fully saturated rings. The minimum Gasteiger partial charge on any atom is -0.378 e. The Morgan fingerprint density at radius 2 is 1.88 bits per heavy atom. The smallest absolute Gasteiger partial charge is 0.238 e. The summed E-state index contributed by atoms with van der Waals surface area (Å²) in [5.41, 5.74) is 3.52. The summed E-state index contributed by atoms with van der Waals surface area (Å²) in [6.45, 7) is 0. The van der Waals surface area contributed by atoms with E-state index in [2.05, 4.69) is 45.5 Å². The molecule has 0 bridgehead atoms. The molecular weight excluding hydrogens is 388 g/mol. The Morgan fingerprint density at radius 1 is 1.12 bits per heavy atom. The van der Waals surface area contributed by atoms with E-state index >= 15 is 0 Å². The number of primary sulfonamides is 1. The second-order valence-corrected chi connectivity index (χ2v) is 8.80. The van der Waals surface area contributed by atoms with Gasteiger partial charge in [-0.3, -0.25) is 0 Å². The third kappa shape index (κ3) is 2.68. The summed E-state index contributed by atoms with van der Waals surface area (Å²) in [6.07, 6.45) is 5.52. The van der Waals surface area contributed by atoms with Crippen LogP contribution in [0.25, 0.3) is 0 Å². The van der Waals surface area contributed by atoms with Gasteiger partial charge in [0.1, 0.15) is 0 Å². The Kier molecular flexibility index (Phi) is 3.78. The Balaban J connectivity index is 1.73. The monoisotopic (exact) mass is 404 g/mol. The quantitative estimate of drug-likeness (QED) is 0.744. The first-order chi connectivity index (χ1) is 11.4. The van der Waals surface area contributed by atoms with Crippen molar-refractivity contribution in [2.24, 2.45) is 11.1 Å². The van der Waals surface area contributed by atoms with Gasteiger partial charge >= 0.3 is 0 Å². The Bertz CT molecular complexity index is 923. The molecule has 0 amide bonds. The van der Waals surface area contributed by atoms with Crippen molar-refractivity contribution < 1.29 is 8.42 Å². The van der Waals surface area contributed by atoms with Gasteiger partial charge in [-0.25, -0.2) is 13.6 Å². The van der Waals surface area contributed by atoms with Crippen molar-refractivity contribution in [1.29, 1.82) is 0 Å². The molecule has 4 rings (SSSR count). The number of sulfonamides is 1. The maximum Gasteiger partial charge on any atom is 0.238 e. The molecule has 3 atom stereocenters. The van der Waals surface area contributed by atoms with Crippen LogP contribution in [0.4, 0.5) is 5.69 Å². The zero-order chi connectivity index (χ0) is 16.9. The van der Waals surface area contributed by atoms with E-state index in [-0.39, 0.29) is 10.9 Å². The van der Waals surface area contributed by atoms with Crippen molar-refractivity contribution in [3.05, 3.63) is 70.2 Å². The number of benzene rings is 2. The minimum atomic E-state index is -3.66. The van der Waals surface area contributed by atoms with E-state index < -0.39 is 10.0 Å². The summed E-state index contributed by atoms with van der Waals surface area (Å²) in [6, 6.07) is 13.3. The molecule has 2 aromatic carbocycles. The molecule has 0 saturated heterocycles. The van der Waals surface area contributed by atoms with Gasteiger partial charge in [-0.15, -0.1) is 0 Å². The zero-order valence-corrected chi connectivity index (χ0v) is 15.2. The van der Waals surface area contributed by atoms with E-state index in [0.717, 1.165) is 22.1 Å². The fourth-order valence-corrected chi connectivity index (χ4v) is 4.65. The van der Waals surface area contributed by atoms with E-state index in [0.29, 0.717) is 11.8 Å². The zero-order valence-electron chi connectivity index (χ0n) is 12.8. The summed E-state index contributed by atoms with van der Waals surface area (Å²) in [5.74, 6) is 0.800. The molecule has 6 heteroatoms. The van der Waals surface area contributed by atoms with Gasteiger partial charge in [0, 0.05) is 16.1 Å². The second kappa shape index (κ2) is 5.72. The van der Waals surface area contributed by atoms with Crippen LogP contribution in [-0.4, -0.2) is 8.42 Å². The lowest BCUT2D eigenvalue weighted by atomic mass is 9.77. The molecule has 1 heterocycles. The Morgan fingerprint density at radius 3 is 2.58 bits per heavy atom. The number of anilines is 1. The predicted molar refractivity (Wildman–Crippen MR) is 98.3 cm³/mol. The molecular formula is C18H17BrN2O2S. The SMILES string of the molecule is NS(=O)(=O)c1ccc([C@H]2Nc3ccc(Br)cc3[C@H]3C=CC[C@H]32)cc1. The number of halogens is 1. The number of fused-ring (bicyclic) bond motifs is 3. The lowest BCUT2D eigenvalue weighted by Crippen LogP contribution is -2.29. The third-order valence-corrected chi connectivity index (χ3v) is 6.32. The second-order valence-electron chi connectivity index (χ2n) is 6.32. The molecule has 124 valence electrons. The predicted octanol–water partition coefficient (Wildman–Crippen LogP) is 3.92. The fraction of sp³-hybridized carbons (Fsp3) is 0.222. The molecule has 3 N–H and O–H groups in total. The first-order valence-corrected chi connectivity index (χ1v) is 10.1. The average Bonchev–Trinajstić information content (AvgIpc) is 3.03. The highest BCUT2D eigenvalue weighted by molar-refractivity contribution is 9.10. The topological polar surface area (TPSA) is 72.2 Å².